The third kappa shape index (κ3) is 2.05. The minimum atomic E-state index is 0.217. The maximum atomic E-state index is 11.9. The lowest BCUT2D eigenvalue weighted by molar-refractivity contribution is -0.123. The van der Waals surface area contributed by atoms with Gasteiger partial charge in [0.15, 0.2) is 0 Å². The third-order valence-electron chi connectivity index (χ3n) is 4.74. The van der Waals surface area contributed by atoms with Crippen molar-refractivity contribution >= 4 is 5.91 Å². The molecule has 2 aliphatic rings. The van der Waals surface area contributed by atoms with Gasteiger partial charge in [-0.3, -0.25) is 4.79 Å². The fraction of sp³-hybridized carbons (Fsp3) is 0.562. The molecule has 96 valence electrons. The predicted octanol–water partition coefficient (Wildman–Crippen LogP) is 2.88. The highest BCUT2D eigenvalue weighted by Gasteiger charge is 2.42. The van der Waals surface area contributed by atoms with Gasteiger partial charge >= 0.3 is 0 Å². The normalized spacial score (nSPS) is 28.3. The predicted molar refractivity (Wildman–Crippen MR) is 72.3 cm³/mol. The van der Waals surface area contributed by atoms with E-state index in [9.17, 15) is 4.79 Å². The first kappa shape index (κ1) is 11.8. The number of carbonyl (C=O) groups excluding carboxylic acids is 1. The van der Waals surface area contributed by atoms with Crippen LogP contribution < -0.4 is 5.32 Å². The lowest BCUT2D eigenvalue weighted by atomic mass is 9.64. The molecule has 1 amide bonds. The summed E-state index contributed by atoms with van der Waals surface area (Å²) >= 11 is 0. The first-order valence-corrected chi connectivity index (χ1v) is 7.04. The number of hydrogen-bond donors (Lipinski definition) is 1. The number of carbonyl (C=O) groups is 1. The van der Waals surface area contributed by atoms with E-state index in [2.05, 4.69) is 42.6 Å². The molecule has 2 aliphatic carbocycles. The maximum Gasteiger partial charge on any atom is 0.223 e. The van der Waals surface area contributed by atoms with E-state index in [0.717, 1.165) is 13.0 Å². The van der Waals surface area contributed by atoms with E-state index in [1.807, 2.05) is 0 Å². The maximum absolute atomic E-state index is 11.9. The van der Waals surface area contributed by atoms with Crippen LogP contribution in [0, 0.1) is 11.8 Å². The van der Waals surface area contributed by atoms with Gasteiger partial charge in [0.1, 0.15) is 0 Å². The largest absolute Gasteiger partial charge is 0.355 e. The summed E-state index contributed by atoms with van der Waals surface area (Å²) in [6, 6.07) is 10.6. The molecule has 2 saturated carbocycles. The Hall–Kier alpha value is -1.31. The van der Waals surface area contributed by atoms with Crippen LogP contribution in [0.4, 0.5) is 0 Å². The minimum Gasteiger partial charge on any atom is -0.355 e. The van der Waals surface area contributed by atoms with E-state index in [4.69, 9.17) is 0 Å². The van der Waals surface area contributed by atoms with Gasteiger partial charge in [-0.1, -0.05) is 43.7 Å². The van der Waals surface area contributed by atoms with Crippen LogP contribution in [0.1, 0.15) is 38.2 Å². The van der Waals surface area contributed by atoms with Crippen molar-refractivity contribution < 1.29 is 4.79 Å². The Labute approximate surface area is 109 Å². The Balaban J connectivity index is 1.64. The molecule has 0 aromatic heterocycles. The van der Waals surface area contributed by atoms with Crippen molar-refractivity contribution in [1.29, 1.82) is 0 Å². The van der Waals surface area contributed by atoms with Gasteiger partial charge in [0.25, 0.3) is 0 Å². The molecular formula is C16H21NO. The van der Waals surface area contributed by atoms with E-state index in [0.29, 0.717) is 5.92 Å². The van der Waals surface area contributed by atoms with Crippen LogP contribution in [0.2, 0.25) is 0 Å². The lowest BCUT2D eigenvalue weighted by Crippen LogP contribution is -2.46. The summed E-state index contributed by atoms with van der Waals surface area (Å²) in [6.07, 6.45) is 4.77. The molecule has 0 spiro atoms. The summed E-state index contributed by atoms with van der Waals surface area (Å²) in [7, 11) is 0. The first-order chi connectivity index (χ1) is 8.71. The summed E-state index contributed by atoms with van der Waals surface area (Å²) < 4.78 is 0. The van der Waals surface area contributed by atoms with Crippen molar-refractivity contribution in [2.24, 2.45) is 11.8 Å². The number of rotatable bonds is 4. The van der Waals surface area contributed by atoms with E-state index >= 15 is 0 Å². The number of benzene rings is 1. The van der Waals surface area contributed by atoms with Crippen molar-refractivity contribution in [3.05, 3.63) is 35.9 Å². The molecule has 2 unspecified atom stereocenters. The zero-order chi connectivity index (χ0) is 12.6. The molecule has 1 aromatic rings. The SMILES string of the molecule is CC1CC1C(=O)NCC1(c2ccccc2)CCC1. The van der Waals surface area contributed by atoms with Gasteiger partial charge in [-0.25, -0.2) is 0 Å². The molecule has 0 saturated heterocycles. The highest BCUT2D eigenvalue weighted by Crippen LogP contribution is 2.43. The molecule has 2 atom stereocenters. The average molecular weight is 243 g/mol. The van der Waals surface area contributed by atoms with Crippen LogP contribution in [0.15, 0.2) is 30.3 Å². The van der Waals surface area contributed by atoms with Crippen LogP contribution >= 0.6 is 0 Å². The van der Waals surface area contributed by atoms with Gasteiger partial charge in [-0.15, -0.1) is 0 Å². The summed E-state index contributed by atoms with van der Waals surface area (Å²) in [4.78, 5) is 11.9. The van der Waals surface area contributed by atoms with Crippen molar-refractivity contribution in [3.63, 3.8) is 0 Å². The van der Waals surface area contributed by atoms with Crippen molar-refractivity contribution in [1.82, 2.24) is 5.32 Å². The molecule has 2 fully saturated rings. The van der Waals surface area contributed by atoms with Gasteiger partial charge in [0.05, 0.1) is 0 Å². The molecule has 3 rings (SSSR count). The van der Waals surface area contributed by atoms with Gasteiger partial charge in [-0.2, -0.15) is 0 Å². The number of amides is 1. The van der Waals surface area contributed by atoms with Crippen molar-refractivity contribution in [2.75, 3.05) is 6.54 Å². The molecule has 0 radical (unpaired) electrons. The molecule has 2 heteroatoms. The third-order valence-corrected chi connectivity index (χ3v) is 4.74. The fourth-order valence-electron chi connectivity index (χ4n) is 3.04. The van der Waals surface area contributed by atoms with Crippen LogP contribution in [-0.2, 0) is 10.2 Å². The Morgan fingerprint density at radius 3 is 2.50 bits per heavy atom. The standard InChI is InChI=1S/C16H21NO/c1-12-10-14(12)15(18)17-11-16(8-5-9-16)13-6-3-2-4-7-13/h2-4,6-7,12,14H,5,8-11H2,1H3,(H,17,18). The zero-order valence-corrected chi connectivity index (χ0v) is 11.0. The first-order valence-electron chi connectivity index (χ1n) is 7.04. The number of hydrogen-bond acceptors (Lipinski definition) is 1. The van der Waals surface area contributed by atoms with E-state index < -0.39 is 0 Å². The average Bonchev–Trinajstić information content (AvgIpc) is 3.06. The molecule has 0 bridgehead atoms. The van der Waals surface area contributed by atoms with E-state index in [1.54, 1.807) is 0 Å². The van der Waals surface area contributed by atoms with Crippen LogP contribution in [0.25, 0.3) is 0 Å². The molecule has 2 nitrogen and oxygen atoms in total. The van der Waals surface area contributed by atoms with Gasteiger partial charge in [-0.05, 0) is 30.7 Å². The van der Waals surface area contributed by atoms with Crippen molar-refractivity contribution in [3.8, 4) is 0 Å². The van der Waals surface area contributed by atoms with Gasteiger partial charge in [0, 0.05) is 17.9 Å². The second kappa shape index (κ2) is 4.42. The quantitative estimate of drug-likeness (QED) is 0.865. The fourth-order valence-corrected chi connectivity index (χ4v) is 3.04. The highest BCUT2D eigenvalue weighted by molar-refractivity contribution is 5.81. The molecule has 0 heterocycles. The van der Waals surface area contributed by atoms with Gasteiger partial charge < -0.3 is 5.32 Å². The molecule has 1 aromatic carbocycles. The Morgan fingerprint density at radius 1 is 1.33 bits per heavy atom. The zero-order valence-electron chi connectivity index (χ0n) is 11.0. The summed E-state index contributed by atoms with van der Waals surface area (Å²) in [5.74, 6) is 1.15. The Kier molecular flexibility index (Phi) is 2.89. The van der Waals surface area contributed by atoms with E-state index in [1.165, 1.54) is 24.8 Å². The Bertz CT molecular complexity index is 436. The van der Waals surface area contributed by atoms with Crippen molar-refractivity contribution in [2.45, 2.75) is 38.0 Å². The smallest absolute Gasteiger partial charge is 0.223 e. The second-order valence-electron chi connectivity index (χ2n) is 6.04. The second-order valence-corrected chi connectivity index (χ2v) is 6.04. The topological polar surface area (TPSA) is 29.1 Å². The van der Waals surface area contributed by atoms with Gasteiger partial charge in [0.2, 0.25) is 5.91 Å². The summed E-state index contributed by atoms with van der Waals surface area (Å²) in [6.45, 7) is 2.97. The Morgan fingerprint density at radius 2 is 2.00 bits per heavy atom. The monoisotopic (exact) mass is 243 g/mol. The van der Waals surface area contributed by atoms with E-state index in [-0.39, 0.29) is 17.2 Å². The lowest BCUT2D eigenvalue weighted by Gasteiger charge is -2.42. The molecule has 1 N–H and O–H groups in total. The molecule has 0 aliphatic heterocycles. The molecular weight excluding hydrogens is 222 g/mol. The highest BCUT2D eigenvalue weighted by atomic mass is 16.2. The van der Waals surface area contributed by atoms with Crippen LogP contribution in [-0.4, -0.2) is 12.5 Å². The molecule has 18 heavy (non-hydrogen) atoms. The number of nitrogens with one attached hydrogen (secondary N) is 1. The van der Waals surface area contributed by atoms with Crippen LogP contribution in [0.3, 0.4) is 0 Å². The van der Waals surface area contributed by atoms with Crippen LogP contribution in [0.5, 0.6) is 0 Å². The summed E-state index contributed by atoms with van der Waals surface area (Å²) in [5.41, 5.74) is 1.61. The summed E-state index contributed by atoms with van der Waals surface area (Å²) in [5, 5.41) is 3.18. The minimum absolute atomic E-state index is 0.217.